The number of Topliss-reactive ketones (excluding diaryl/α,β-unsaturated/α-hetero) is 2. The molecule has 0 bridgehead atoms. The molecule has 3 fully saturated rings. The molecule has 0 aliphatic carbocycles. The maximum atomic E-state index is 16.9. The molecule has 0 spiro atoms. The molecular weight excluding hydrogens is 785 g/mol. The Morgan fingerprint density at radius 2 is 1.80 bits per heavy atom. The number of oxime groups is 1. The van der Waals surface area contributed by atoms with Crippen LogP contribution in [0, 0.1) is 29.6 Å². The van der Waals surface area contributed by atoms with Gasteiger partial charge in [-0.2, -0.15) is 0 Å². The number of amidine groups is 1. The highest BCUT2D eigenvalue weighted by Crippen LogP contribution is 2.48. The lowest BCUT2D eigenvalue weighted by molar-refractivity contribution is -0.295. The van der Waals surface area contributed by atoms with Crippen molar-refractivity contribution in [1.29, 1.82) is 0 Å². The molecule has 5 rings (SSSR count). The fourth-order valence-electron chi connectivity index (χ4n) is 9.19. The molecule has 0 saturated carbocycles. The fraction of sp³-hybridized carbons (Fsp3) is 0.690. The molecule has 2 aromatic heterocycles. The lowest BCUT2D eigenvalue weighted by Gasteiger charge is -2.47. The van der Waals surface area contributed by atoms with E-state index in [-0.39, 0.29) is 37.2 Å². The Labute approximate surface area is 349 Å². The summed E-state index contributed by atoms with van der Waals surface area (Å²) in [6.07, 6.45) is -3.57. The van der Waals surface area contributed by atoms with Crippen molar-refractivity contribution in [3.05, 3.63) is 36.2 Å². The van der Waals surface area contributed by atoms with Crippen LogP contribution in [0.5, 0.6) is 0 Å². The maximum absolute atomic E-state index is 16.9. The minimum atomic E-state index is -3.24. The van der Waals surface area contributed by atoms with Crippen LogP contribution in [0.2, 0.25) is 0 Å². The number of likely N-dealkylation sites (N-methyl/N-ethyl adjacent to an activating group) is 1. The number of cyclic esters (lactones) is 1. The molecule has 0 radical (unpaired) electrons. The monoisotopic (exact) mass is 845 g/mol. The van der Waals surface area contributed by atoms with Crippen molar-refractivity contribution in [2.45, 2.75) is 135 Å². The number of ketones is 2. The summed E-state index contributed by atoms with van der Waals surface area (Å²) in [6, 6.07) is 6.51. The summed E-state index contributed by atoms with van der Waals surface area (Å²) in [5.74, 6) is -9.70. The summed E-state index contributed by atoms with van der Waals surface area (Å²) in [4.78, 5) is 68.4. The van der Waals surface area contributed by atoms with Gasteiger partial charge in [-0.15, -0.1) is 0 Å². The van der Waals surface area contributed by atoms with Crippen molar-refractivity contribution in [2.75, 3.05) is 21.2 Å². The van der Waals surface area contributed by atoms with Gasteiger partial charge in [-0.1, -0.05) is 44.1 Å². The first kappa shape index (κ1) is 46.7. The zero-order chi connectivity index (χ0) is 44.5. The van der Waals surface area contributed by atoms with E-state index in [9.17, 15) is 24.3 Å². The third-order valence-corrected chi connectivity index (χ3v) is 12.6. The number of hydrogen-bond donors (Lipinski definition) is 2. The Kier molecular flexibility index (Phi) is 14.3. The van der Waals surface area contributed by atoms with E-state index >= 15 is 4.39 Å². The Hall–Kier alpha value is -4.36. The molecule has 3 N–H and O–H groups in total. The summed E-state index contributed by atoms with van der Waals surface area (Å²) in [5.41, 5.74) is 0.854. The molecule has 332 valence electrons. The first-order valence-electron chi connectivity index (χ1n) is 20.3. The number of ether oxygens (including phenoxy) is 5. The van der Waals surface area contributed by atoms with E-state index in [2.05, 4.69) is 15.3 Å². The number of halogens is 1. The molecule has 3 aliphatic heterocycles. The number of carbonyl (C=O) groups excluding carboxylic acids is 4. The second-order valence-corrected chi connectivity index (χ2v) is 17.2. The molecule has 0 aromatic carbocycles. The predicted molar refractivity (Wildman–Crippen MR) is 212 cm³/mol. The summed E-state index contributed by atoms with van der Waals surface area (Å²) in [6.45, 7) is 11.8. The standard InChI is InChI=1S/C42H60FN5O12/c1-12-29-42(8)31(30(37(52)59-42)36(44)47-55-20-25-18-28(60-46-25)26-15-13-14-16-45-26)23(4)32(49)21(2)19-40(6,54-11)35(24(5)34(51)41(7,43)39(53)57-29)58-38-33(50)27(48(9)10)17-22(3)56-38/h13-16,18,21-24,27,29-31,33,35,38,50H,12,17,19-20H2,1-11H3,(H2,44,47)/t21-,22-,23-,24+,27+,29+,30-,31+,33-,35-,38?,40-,41+,42-/m1/s1. The van der Waals surface area contributed by atoms with Crippen LogP contribution < -0.4 is 5.73 Å². The second kappa shape index (κ2) is 18.3. The van der Waals surface area contributed by atoms with Gasteiger partial charge in [-0.25, -0.2) is 9.18 Å². The van der Waals surface area contributed by atoms with Crippen LogP contribution in [0.4, 0.5) is 4.39 Å². The van der Waals surface area contributed by atoms with Crippen LogP contribution in [0.25, 0.3) is 11.5 Å². The molecule has 0 amide bonds. The Bertz CT molecular complexity index is 1890. The van der Waals surface area contributed by atoms with Gasteiger partial charge in [0.1, 0.15) is 35.3 Å². The van der Waals surface area contributed by atoms with Crippen LogP contribution in [0.3, 0.4) is 0 Å². The number of aromatic nitrogens is 2. The number of aliphatic hydroxyl groups is 1. The summed E-state index contributed by atoms with van der Waals surface area (Å²) in [5, 5.41) is 19.4. The molecule has 1 unspecified atom stereocenters. The smallest absolute Gasteiger partial charge is 0.351 e. The minimum absolute atomic E-state index is 0.0110. The lowest BCUT2D eigenvalue weighted by Crippen LogP contribution is -2.61. The van der Waals surface area contributed by atoms with Gasteiger partial charge in [-0.05, 0) is 73.2 Å². The van der Waals surface area contributed by atoms with Crippen molar-refractivity contribution >= 4 is 29.3 Å². The van der Waals surface area contributed by atoms with Gasteiger partial charge in [0, 0.05) is 49.1 Å². The third kappa shape index (κ3) is 9.12. The third-order valence-electron chi connectivity index (χ3n) is 12.6. The van der Waals surface area contributed by atoms with Gasteiger partial charge in [-0.3, -0.25) is 19.4 Å². The lowest BCUT2D eigenvalue weighted by atomic mass is 9.67. The number of hydrogen-bond acceptors (Lipinski definition) is 16. The minimum Gasteiger partial charge on any atom is -0.455 e. The van der Waals surface area contributed by atoms with Gasteiger partial charge >= 0.3 is 11.9 Å². The largest absolute Gasteiger partial charge is 0.455 e. The fourth-order valence-corrected chi connectivity index (χ4v) is 9.19. The highest BCUT2D eigenvalue weighted by molar-refractivity contribution is 6.08. The van der Waals surface area contributed by atoms with E-state index in [1.165, 1.54) is 21.0 Å². The van der Waals surface area contributed by atoms with Crippen molar-refractivity contribution in [3.63, 3.8) is 0 Å². The number of carbonyl (C=O) groups is 4. The second-order valence-electron chi connectivity index (χ2n) is 17.2. The van der Waals surface area contributed by atoms with Crippen molar-refractivity contribution in [3.8, 4) is 11.5 Å². The van der Waals surface area contributed by atoms with E-state index in [4.69, 9.17) is 38.8 Å². The molecule has 17 nitrogen and oxygen atoms in total. The first-order valence-corrected chi connectivity index (χ1v) is 20.3. The van der Waals surface area contributed by atoms with Crippen molar-refractivity contribution in [2.24, 2.45) is 40.5 Å². The molecule has 5 heterocycles. The van der Waals surface area contributed by atoms with E-state index in [1.54, 1.807) is 72.3 Å². The number of fused-ring (bicyclic) bond motifs is 1. The first-order chi connectivity index (χ1) is 28.1. The zero-order valence-electron chi connectivity index (χ0n) is 36.2. The van der Waals surface area contributed by atoms with Gasteiger partial charge in [0.2, 0.25) is 0 Å². The van der Waals surface area contributed by atoms with Gasteiger partial charge in [0.15, 0.2) is 35.9 Å². The highest BCUT2D eigenvalue weighted by atomic mass is 19.1. The van der Waals surface area contributed by atoms with Gasteiger partial charge in [0.05, 0.1) is 17.8 Å². The average Bonchev–Trinajstić information content (AvgIpc) is 3.79. The SMILES string of the molecule is CC[C@@H]1OC(=O)[C@@](C)(F)C(=O)[C@H](C)[C@@H](OC2O[C@H](C)C[C@H](N(C)C)[C@H]2O)[C@](C)(OC)C[C@@H](C)C(=O)[C@H](C)[C@H]2[C@H](/C(N)=N/OCc3cc(-c4ccccn4)on3)C(=O)O[C@@]21C. The number of nitrogens with zero attached hydrogens (tertiary/aromatic N) is 4. The van der Waals surface area contributed by atoms with E-state index < -0.39 is 94.8 Å². The van der Waals surface area contributed by atoms with E-state index in [0.717, 1.165) is 6.92 Å². The predicted octanol–water partition coefficient (Wildman–Crippen LogP) is 3.79. The van der Waals surface area contributed by atoms with E-state index in [1.807, 2.05) is 11.8 Å². The summed E-state index contributed by atoms with van der Waals surface area (Å²) >= 11 is 0. The van der Waals surface area contributed by atoms with Gasteiger partial charge < -0.3 is 48.8 Å². The van der Waals surface area contributed by atoms with Crippen LogP contribution in [0.1, 0.15) is 80.3 Å². The highest BCUT2D eigenvalue weighted by Gasteiger charge is 2.63. The molecule has 2 aromatic rings. The normalized spacial score (nSPS) is 38.6. The Morgan fingerprint density at radius 1 is 1.10 bits per heavy atom. The Morgan fingerprint density at radius 3 is 2.42 bits per heavy atom. The molecule has 60 heavy (non-hydrogen) atoms. The number of rotatable bonds is 10. The summed E-state index contributed by atoms with van der Waals surface area (Å²) < 4.78 is 52.6. The number of alkyl halides is 1. The number of nitrogens with two attached hydrogens (primary N) is 1. The molecule has 3 aliphatic rings. The quantitative estimate of drug-likeness (QED) is 0.114. The van der Waals surface area contributed by atoms with Gasteiger partial charge in [0.25, 0.3) is 5.67 Å². The zero-order valence-corrected chi connectivity index (χ0v) is 36.2. The molecule has 3 saturated heterocycles. The van der Waals surface area contributed by atoms with E-state index in [0.29, 0.717) is 23.6 Å². The Balaban J connectivity index is 1.52. The summed E-state index contributed by atoms with van der Waals surface area (Å²) in [7, 11) is 4.97. The molecule has 18 heteroatoms. The van der Waals surface area contributed by atoms with Crippen LogP contribution in [0.15, 0.2) is 40.1 Å². The topological polar surface area (TPSA) is 224 Å². The van der Waals surface area contributed by atoms with Crippen LogP contribution >= 0.6 is 0 Å². The maximum Gasteiger partial charge on any atom is 0.351 e. The number of pyridine rings is 1. The number of esters is 2. The number of methoxy groups -OCH3 is 1. The van der Waals surface area contributed by atoms with Crippen LogP contribution in [-0.4, -0.2) is 124 Å². The molecule has 14 atom stereocenters. The number of aliphatic hydroxyl groups excluding tert-OH is 1. The van der Waals surface area contributed by atoms with Crippen molar-refractivity contribution < 1.29 is 61.7 Å². The van der Waals surface area contributed by atoms with Crippen molar-refractivity contribution in [1.82, 2.24) is 15.0 Å². The molecular formula is C42H60FN5O12. The average molecular weight is 846 g/mol. The van der Waals surface area contributed by atoms with Crippen LogP contribution in [-0.2, 0) is 54.3 Å².